The maximum absolute atomic E-state index is 13.9. The van der Waals surface area contributed by atoms with E-state index in [0.717, 1.165) is 0 Å². The van der Waals surface area contributed by atoms with E-state index < -0.39 is 35.2 Å². The van der Waals surface area contributed by atoms with Crippen molar-refractivity contribution in [1.82, 2.24) is 4.98 Å². The van der Waals surface area contributed by atoms with Crippen molar-refractivity contribution in [1.29, 1.82) is 0 Å². The second-order valence-corrected chi connectivity index (χ2v) is 8.91. The van der Waals surface area contributed by atoms with Gasteiger partial charge in [-0.3, -0.25) is 4.79 Å². The van der Waals surface area contributed by atoms with Gasteiger partial charge in [0, 0.05) is 30.6 Å². The second kappa shape index (κ2) is 7.45. The number of pyridine rings is 1. The Labute approximate surface area is 149 Å². The number of amides is 1. The summed E-state index contributed by atoms with van der Waals surface area (Å²) in [5, 5.41) is 8.06. The van der Waals surface area contributed by atoms with E-state index in [-0.39, 0.29) is 22.8 Å². The molecule has 0 radical (unpaired) electrons. The third-order valence-corrected chi connectivity index (χ3v) is 5.02. The van der Waals surface area contributed by atoms with Crippen LogP contribution in [0.15, 0.2) is 23.4 Å². The third-order valence-electron chi connectivity index (χ3n) is 4.39. The summed E-state index contributed by atoms with van der Waals surface area (Å²) < 4.78 is 39.1. The molecule has 1 aromatic rings. The highest BCUT2D eigenvalue weighted by Gasteiger charge is 2.45. The number of anilines is 1. The quantitative estimate of drug-likeness (QED) is 0.847. The van der Waals surface area contributed by atoms with E-state index in [2.05, 4.69) is 10.3 Å². The van der Waals surface area contributed by atoms with Crippen LogP contribution in [0.1, 0.15) is 46.5 Å². The van der Waals surface area contributed by atoms with Gasteiger partial charge in [0.25, 0.3) is 0 Å². The van der Waals surface area contributed by atoms with Crippen molar-refractivity contribution in [3.05, 3.63) is 18.3 Å². The summed E-state index contributed by atoms with van der Waals surface area (Å²) in [6.07, 6.45) is 1.79. The molecule has 3 N–H and O–H groups in total. The van der Waals surface area contributed by atoms with Crippen molar-refractivity contribution in [2.24, 2.45) is 22.4 Å². The molecular formula is C17H25F2N3O2S. The average Bonchev–Trinajstić information content (AvgIpc) is 2.48. The first kappa shape index (κ1) is 19.9. The molecule has 25 heavy (non-hydrogen) atoms. The Bertz CT molecular complexity index is 662. The molecule has 1 fully saturated rings. The highest BCUT2D eigenvalue weighted by Crippen LogP contribution is 2.44. The Hall–Kier alpha value is -1.41. The molecule has 3 atom stereocenters. The molecule has 0 aromatic carbocycles. The number of rotatable bonds is 4. The number of aromatic nitrogens is 1. The smallest absolute Gasteiger partial charge is 0.248 e. The van der Waals surface area contributed by atoms with Crippen LogP contribution in [0.3, 0.4) is 0 Å². The molecule has 1 aromatic heterocycles. The maximum atomic E-state index is 13.9. The number of carbonyl (C=O) groups is 1. The van der Waals surface area contributed by atoms with Gasteiger partial charge in [0.15, 0.2) is 0 Å². The normalized spacial score (nSPS) is 24.6. The van der Waals surface area contributed by atoms with Gasteiger partial charge >= 0.3 is 0 Å². The Morgan fingerprint density at radius 1 is 1.48 bits per heavy atom. The monoisotopic (exact) mass is 373 g/mol. The molecule has 0 saturated heterocycles. The van der Waals surface area contributed by atoms with E-state index >= 15 is 0 Å². The molecule has 5 nitrogen and oxygen atoms in total. The molecule has 140 valence electrons. The number of halogens is 2. The molecule has 8 heteroatoms. The highest BCUT2D eigenvalue weighted by molar-refractivity contribution is 7.82. The molecule has 2 rings (SSSR count). The predicted molar refractivity (Wildman–Crippen MR) is 93.3 cm³/mol. The van der Waals surface area contributed by atoms with Gasteiger partial charge in [0.05, 0.1) is 0 Å². The third kappa shape index (κ3) is 5.81. The summed E-state index contributed by atoms with van der Waals surface area (Å²) in [4.78, 5) is 16.5. The largest absolute Gasteiger partial charge is 0.326 e. The van der Waals surface area contributed by atoms with Crippen molar-refractivity contribution in [3.8, 4) is 0 Å². The number of alkyl halides is 2. The summed E-state index contributed by atoms with van der Waals surface area (Å²) in [6, 6.07) is 2.92. The topological polar surface area (TPSA) is 85.1 Å². The molecule has 0 bridgehead atoms. The van der Waals surface area contributed by atoms with Crippen LogP contribution >= 0.6 is 0 Å². The first-order valence-electron chi connectivity index (χ1n) is 8.28. The number of carbonyl (C=O) groups excluding carboxylic acids is 1. The SMILES string of the molecule is CC(C)(C)C[C@@H]1CCC(F)(F)C[C@H]1C(=O)Nc1ccnc(S(N)=O)c1. The molecule has 1 unspecified atom stereocenters. The molecule has 1 amide bonds. The van der Waals surface area contributed by atoms with E-state index in [9.17, 15) is 17.8 Å². The first-order valence-corrected chi connectivity index (χ1v) is 9.49. The van der Waals surface area contributed by atoms with E-state index in [0.29, 0.717) is 18.5 Å². The van der Waals surface area contributed by atoms with Crippen molar-refractivity contribution in [2.75, 3.05) is 5.32 Å². The molecule has 1 aliphatic carbocycles. The minimum absolute atomic E-state index is 0.0455. The summed E-state index contributed by atoms with van der Waals surface area (Å²) in [5.41, 5.74) is 0.313. The fourth-order valence-corrected chi connectivity index (χ4v) is 3.77. The lowest BCUT2D eigenvalue weighted by atomic mass is 9.70. The van der Waals surface area contributed by atoms with Gasteiger partial charge in [-0.25, -0.2) is 23.1 Å². The van der Waals surface area contributed by atoms with Crippen LogP contribution in [-0.2, 0) is 15.8 Å². The second-order valence-electron chi connectivity index (χ2n) is 7.90. The minimum Gasteiger partial charge on any atom is -0.326 e. The zero-order valence-corrected chi connectivity index (χ0v) is 15.5. The number of hydrogen-bond acceptors (Lipinski definition) is 3. The van der Waals surface area contributed by atoms with Crippen LogP contribution in [-0.4, -0.2) is 21.0 Å². The van der Waals surface area contributed by atoms with Crippen LogP contribution in [0.4, 0.5) is 14.5 Å². The van der Waals surface area contributed by atoms with Crippen molar-refractivity contribution < 1.29 is 17.8 Å². The molecule has 1 saturated carbocycles. The molecular weight excluding hydrogens is 348 g/mol. The Morgan fingerprint density at radius 3 is 2.76 bits per heavy atom. The summed E-state index contributed by atoms with van der Waals surface area (Å²) in [7, 11) is -1.77. The lowest BCUT2D eigenvalue weighted by Crippen LogP contribution is -2.40. The standard InChI is InChI=1S/C17H25F2N3O2S/c1-16(2,3)9-11-4-6-17(18,19)10-13(11)15(23)22-12-5-7-21-14(8-12)25(20)24/h5,7-8,11,13H,4,6,9-10,20H2,1-3H3,(H,21,22,23)/t11-,13+,25?/m0/s1. The molecule has 0 aliphatic heterocycles. The van der Waals surface area contributed by atoms with Crippen LogP contribution in [0, 0.1) is 17.3 Å². The minimum atomic E-state index is -2.82. The van der Waals surface area contributed by atoms with Gasteiger partial charge in [0.1, 0.15) is 16.0 Å². The average molecular weight is 373 g/mol. The summed E-state index contributed by atoms with van der Waals surface area (Å²) in [5.74, 6) is -4.11. The molecule has 0 spiro atoms. The van der Waals surface area contributed by atoms with E-state index in [1.165, 1.54) is 18.3 Å². The lowest BCUT2D eigenvalue weighted by molar-refractivity contribution is -0.132. The summed E-state index contributed by atoms with van der Waals surface area (Å²) in [6.45, 7) is 6.13. The first-order chi connectivity index (χ1) is 11.5. The van der Waals surface area contributed by atoms with Gasteiger partial charge in [0.2, 0.25) is 11.8 Å². The number of nitrogens with zero attached hydrogens (tertiary/aromatic N) is 1. The zero-order chi connectivity index (χ0) is 18.8. The number of hydrogen-bond donors (Lipinski definition) is 2. The zero-order valence-electron chi connectivity index (χ0n) is 14.7. The lowest BCUT2D eigenvalue weighted by Gasteiger charge is -2.38. The predicted octanol–water partition coefficient (Wildman–Crippen LogP) is 3.49. The Morgan fingerprint density at radius 2 is 2.16 bits per heavy atom. The summed E-state index contributed by atoms with van der Waals surface area (Å²) >= 11 is 0. The fourth-order valence-electron chi connectivity index (χ4n) is 3.36. The van der Waals surface area contributed by atoms with Crippen molar-refractivity contribution in [3.63, 3.8) is 0 Å². The number of nitrogens with one attached hydrogen (secondary N) is 1. The van der Waals surface area contributed by atoms with Crippen molar-refractivity contribution in [2.45, 2.75) is 57.4 Å². The maximum Gasteiger partial charge on any atom is 0.248 e. The van der Waals surface area contributed by atoms with Crippen LogP contribution in [0.2, 0.25) is 0 Å². The van der Waals surface area contributed by atoms with Gasteiger partial charge in [-0.15, -0.1) is 0 Å². The van der Waals surface area contributed by atoms with Gasteiger partial charge in [-0.05, 0) is 36.3 Å². The van der Waals surface area contributed by atoms with E-state index in [1.54, 1.807) is 0 Å². The van der Waals surface area contributed by atoms with E-state index in [1.807, 2.05) is 20.8 Å². The Kier molecular flexibility index (Phi) is 5.93. The Balaban J connectivity index is 2.17. The van der Waals surface area contributed by atoms with E-state index in [4.69, 9.17) is 5.14 Å². The van der Waals surface area contributed by atoms with Gasteiger partial charge in [-0.2, -0.15) is 0 Å². The number of nitrogens with two attached hydrogens (primary N) is 1. The van der Waals surface area contributed by atoms with Gasteiger partial charge < -0.3 is 5.32 Å². The van der Waals surface area contributed by atoms with Crippen LogP contribution in [0.25, 0.3) is 0 Å². The van der Waals surface area contributed by atoms with Crippen LogP contribution in [0.5, 0.6) is 0 Å². The van der Waals surface area contributed by atoms with Crippen LogP contribution < -0.4 is 10.5 Å². The highest BCUT2D eigenvalue weighted by atomic mass is 32.2. The molecule has 1 aliphatic rings. The van der Waals surface area contributed by atoms with Crippen molar-refractivity contribution >= 4 is 22.6 Å². The fraction of sp³-hybridized carbons (Fsp3) is 0.647. The van der Waals surface area contributed by atoms with Gasteiger partial charge in [-0.1, -0.05) is 20.8 Å². The molecule has 1 heterocycles.